The van der Waals surface area contributed by atoms with Gasteiger partial charge in [0.15, 0.2) is 5.76 Å². The number of hydrogen-bond donors (Lipinski definition) is 0. The van der Waals surface area contributed by atoms with E-state index in [0.29, 0.717) is 13.1 Å². The van der Waals surface area contributed by atoms with Crippen molar-refractivity contribution in [3.05, 3.63) is 78.3 Å². The molecule has 0 radical (unpaired) electrons. The lowest BCUT2D eigenvalue weighted by Crippen LogP contribution is -2.55. The van der Waals surface area contributed by atoms with E-state index in [1.165, 1.54) is 0 Å². The Balaban J connectivity index is 1.25. The summed E-state index contributed by atoms with van der Waals surface area (Å²) in [6.07, 6.45) is 5.82. The predicted octanol–water partition coefficient (Wildman–Crippen LogP) is 3.82. The first kappa shape index (κ1) is 20.8. The molecular weight excluding hydrogens is 428 g/mol. The van der Waals surface area contributed by atoms with Crippen LogP contribution in [-0.2, 0) is 11.3 Å². The van der Waals surface area contributed by atoms with Gasteiger partial charge in [-0.2, -0.15) is 0 Å². The highest BCUT2D eigenvalue weighted by Gasteiger charge is 2.49. The van der Waals surface area contributed by atoms with Crippen LogP contribution in [0.3, 0.4) is 0 Å². The average Bonchev–Trinajstić information content (AvgIpc) is 3.43. The molecule has 0 saturated carbocycles. The monoisotopic (exact) mass is 454 g/mol. The van der Waals surface area contributed by atoms with Gasteiger partial charge in [0.2, 0.25) is 5.91 Å². The smallest absolute Gasteiger partial charge is 0.229 e. The van der Waals surface area contributed by atoms with Crippen LogP contribution in [0.2, 0.25) is 0 Å². The summed E-state index contributed by atoms with van der Waals surface area (Å²) in [7, 11) is 0. The fraction of sp³-hybridized carbons (Fsp3) is 0.346. The maximum absolute atomic E-state index is 13.9. The number of nitrogens with zero attached hydrogens (tertiary/aromatic N) is 6. The summed E-state index contributed by atoms with van der Waals surface area (Å²) in [6.45, 7) is 2.74. The maximum Gasteiger partial charge on any atom is 0.229 e. The summed E-state index contributed by atoms with van der Waals surface area (Å²) in [5.74, 6) is 1.95. The Morgan fingerprint density at radius 1 is 0.971 bits per heavy atom. The van der Waals surface area contributed by atoms with Crippen molar-refractivity contribution in [3.63, 3.8) is 0 Å². The minimum Gasteiger partial charge on any atom is -0.355 e. The largest absolute Gasteiger partial charge is 0.355 e. The molecule has 2 fully saturated rings. The standard InChI is InChI=1S/C26H26N6O2/c33-25-26(10-12-31(13-11-26)24-16-27-21-8-4-5-9-22(21)29-24)14-20(23-15-28-30-34-23)18-32(25)17-19-6-2-1-3-7-19/h1-9,15-16,20H,10-14,17-18H2. The van der Waals surface area contributed by atoms with E-state index < -0.39 is 5.41 Å². The molecule has 2 aromatic heterocycles. The molecule has 1 unspecified atom stereocenters. The van der Waals surface area contributed by atoms with Gasteiger partial charge in [0, 0.05) is 37.4 Å². The van der Waals surface area contributed by atoms with Crippen molar-refractivity contribution in [1.82, 2.24) is 25.2 Å². The van der Waals surface area contributed by atoms with Crippen LogP contribution >= 0.6 is 0 Å². The zero-order chi connectivity index (χ0) is 23.0. The number of carbonyl (C=O) groups excluding carboxylic acids is 1. The minimum absolute atomic E-state index is 0.0865. The first-order chi connectivity index (χ1) is 16.7. The van der Waals surface area contributed by atoms with Gasteiger partial charge in [0.05, 0.1) is 28.8 Å². The number of rotatable bonds is 4. The van der Waals surface area contributed by atoms with Gasteiger partial charge in [-0.3, -0.25) is 9.78 Å². The highest BCUT2D eigenvalue weighted by atomic mass is 16.5. The third-order valence-corrected chi connectivity index (χ3v) is 7.30. The number of anilines is 1. The third-order valence-electron chi connectivity index (χ3n) is 7.30. The van der Waals surface area contributed by atoms with Crippen LogP contribution in [0.4, 0.5) is 5.82 Å². The summed E-state index contributed by atoms with van der Waals surface area (Å²) < 4.78 is 5.44. The molecule has 34 heavy (non-hydrogen) atoms. The Morgan fingerprint density at radius 2 is 1.74 bits per heavy atom. The first-order valence-corrected chi connectivity index (χ1v) is 11.8. The average molecular weight is 455 g/mol. The summed E-state index contributed by atoms with van der Waals surface area (Å²) in [5.41, 5.74) is 2.49. The molecule has 8 nitrogen and oxygen atoms in total. The molecule has 1 amide bonds. The van der Waals surface area contributed by atoms with Crippen molar-refractivity contribution in [2.24, 2.45) is 5.41 Å². The van der Waals surface area contributed by atoms with E-state index in [9.17, 15) is 4.79 Å². The van der Waals surface area contributed by atoms with Gasteiger partial charge in [-0.05, 0) is 37.0 Å². The van der Waals surface area contributed by atoms with Gasteiger partial charge in [0.1, 0.15) is 5.82 Å². The molecule has 1 spiro atoms. The molecule has 0 aliphatic carbocycles. The molecule has 6 rings (SSSR count). The third kappa shape index (κ3) is 3.79. The molecule has 172 valence electrons. The lowest BCUT2D eigenvalue weighted by Gasteiger charge is -2.48. The van der Waals surface area contributed by atoms with Crippen molar-refractivity contribution >= 4 is 22.8 Å². The van der Waals surface area contributed by atoms with Crippen molar-refractivity contribution in [3.8, 4) is 0 Å². The van der Waals surface area contributed by atoms with Gasteiger partial charge >= 0.3 is 0 Å². The second-order valence-electron chi connectivity index (χ2n) is 9.38. The molecule has 2 aliphatic heterocycles. The molecule has 2 aromatic carbocycles. The van der Waals surface area contributed by atoms with Crippen molar-refractivity contribution in [2.45, 2.75) is 31.7 Å². The number of likely N-dealkylation sites (tertiary alicyclic amines) is 1. The normalized spacial score (nSPS) is 20.2. The van der Waals surface area contributed by atoms with E-state index in [4.69, 9.17) is 9.51 Å². The number of benzene rings is 2. The van der Waals surface area contributed by atoms with Gasteiger partial charge in [-0.1, -0.05) is 42.5 Å². The Labute approximate surface area is 197 Å². The maximum atomic E-state index is 13.9. The topological polar surface area (TPSA) is 88.3 Å². The number of carbonyl (C=O) groups is 1. The highest BCUT2D eigenvalue weighted by Crippen LogP contribution is 2.46. The van der Waals surface area contributed by atoms with E-state index in [2.05, 4.69) is 32.4 Å². The van der Waals surface area contributed by atoms with E-state index >= 15 is 0 Å². The number of amides is 1. The van der Waals surface area contributed by atoms with Gasteiger partial charge in [-0.25, -0.2) is 4.98 Å². The van der Waals surface area contributed by atoms with Crippen LogP contribution in [0.5, 0.6) is 0 Å². The zero-order valence-electron chi connectivity index (χ0n) is 18.9. The lowest BCUT2D eigenvalue weighted by atomic mass is 9.68. The van der Waals surface area contributed by atoms with Crippen LogP contribution in [0, 0.1) is 5.41 Å². The van der Waals surface area contributed by atoms with Gasteiger partial charge in [0.25, 0.3) is 0 Å². The van der Waals surface area contributed by atoms with Gasteiger partial charge in [-0.15, -0.1) is 5.10 Å². The van der Waals surface area contributed by atoms with Crippen molar-refractivity contribution in [1.29, 1.82) is 0 Å². The predicted molar refractivity (Wildman–Crippen MR) is 127 cm³/mol. The SMILES string of the molecule is O=C1N(Cc2ccccc2)CC(c2cnno2)CC12CCN(c1cnc3ccccc3n1)CC2. The highest BCUT2D eigenvalue weighted by molar-refractivity contribution is 5.84. The fourth-order valence-electron chi connectivity index (χ4n) is 5.47. The quantitative estimate of drug-likeness (QED) is 0.463. The Kier molecular flexibility index (Phi) is 5.20. The van der Waals surface area contributed by atoms with E-state index in [-0.39, 0.29) is 11.8 Å². The summed E-state index contributed by atoms with van der Waals surface area (Å²) in [4.78, 5) is 27.5. The Hall–Kier alpha value is -3.81. The Bertz CT molecular complexity index is 1290. The molecule has 2 saturated heterocycles. The second-order valence-corrected chi connectivity index (χ2v) is 9.38. The van der Waals surface area contributed by atoms with E-state index in [1.54, 1.807) is 6.20 Å². The molecule has 8 heteroatoms. The minimum atomic E-state index is -0.425. The van der Waals surface area contributed by atoms with Crippen molar-refractivity contribution in [2.75, 3.05) is 24.5 Å². The Morgan fingerprint density at radius 3 is 2.50 bits per heavy atom. The van der Waals surface area contributed by atoms with Crippen LogP contribution in [0.15, 0.2) is 71.5 Å². The number of para-hydroxylation sites is 2. The molecule has 0 bridgehead atoms. The van der Waals surface area contributed by atoms with Crippen molar-refractivity contribution < 1.29 is 9.32 Å². The zero-order valence-corrected chi connectivity index (χ0v) is 18.9. The summed E-state index contributed by atoms with van der Waals surface area (Å²) in [6, 6.07) is 18.1. The lowest BCUT2D eigenvalue weighted by molar-refractivity contribution is -0.150. The number of aromatic nitrogens is 4. The molecule has 1 atom stereocenters. The molecule has 4 heterocycles. The fourth-order valence-corrected chi connectivity index (χ4v) is 5.47. The first-order valence-electron chi connectivity index (χ1n) is 11.8. The van der Waals surface area contributed by atoms with Crippen LogP contribution in [-0.4, -0.2) is 50.8 Å². The molecule has 0 N–H and O–H groups in total. The van der Waals surface area contributed by atoms with Crippen LogP contribution in [0.1, 0.15) is 36.5 Å². The number of hydrogen-bond acceptors (Lipinski definition) is 7. The van der Waals surface area contributed by atoms with E-state index in [0.717, 1.165) is 60.5 Å². The van der Waals surface area contributed by atoms with Crippen LogP contribution in [0.25, 0.3) is 11.0 Å². The number of piperidine rings is 2. The molecule has 4 aromatic rings. The summed E-state index contributed by atoms with van der Waals surface area (Å²) >= 11 is 0. The molecule has 2 aliphatic rings. The van der Waals surface area contributed by atoms with Crippen LogP contribution < -0.4 is 4.90 Å². The molecular formula is C26H26N6O2. The number of fused-ring (bicyclic) bond motifs is 1. The van der Waals surface area contributed by atoms with Gasteiger partial charge < -0.3 is 14.3 Å². The summed E-state index contributed by atoms with van der Waals surface area (Å²) in [5, 5.41) is 7.58. The second kappa shape index (κ2) is 8.52. The van der Waals surface area contributed by atoms with E-state index in [1.807, 2.05) is 53.6 Å².